The number of likely N-dealkylation sites (N-methyl/N-ethyl adjacent to an activating group) is 1. The molecule has 0 radical (unpaired) electrons. The van der Waals surface area contributed by atoms with E-state index in [1.54, 1.807) is 35.2 Å². The summed E-state index contributed by atoms with van der Waals surface area (Å²) in [5.41, 5.74) is 3.01. The molecule has 1 amide bonds. The van der Waals surface area contributed by atoms with Crippen LogP contribution in [-0.4, -0.2) is 54.6 Å². The molecule has 2 heterocycles. The van der Waals surface area contributed by atoms with Crippen molar-refractivity contribution < 1.29 is 18.7 Å². The van der Waals surface area contributed by atoms with Gasteiger partial charge in [0.1, 0.15) is 24.5 Å². The second kappa shape index (κ2) is 10.9. The largest absolute Gasteiger partial charge is 0.489 e. The van der Waals surface area contributed by atoms with E-state index in [9.17, 15) is 9.18 Å². The Labute approximate surface area is 220 Å². The summed E-state index contributed by atoms with van der Waals surface area (Å²) in [7, 11) is 3.90. The minimum Gasteiger partial charge on any atom is -0.489 e. The van der Waals surface area contributed by atoms with Gasteiger partial charge >= 0.3 is 0 Å². The molecule has 38 heavy (non-hydrogen) atoms. The van der Waals surface area contributed by atoms with Gasteiger partial charge in [0.2, 0.25) is 0 Å². The van der Waals surface area contributed by atoms with Crippen LogP contribution in [0.25, 0.3) is 10.9 Å². The number of amides is 1. The van der Waals surface area contributed by atoms with Gasteiger partial charge < -0.3 is 24.6 Å². The molecule has 3 aromatic carbocycles. The predicted molar refractivity (Wildman–Crippen MR) is 146 cm³/mol. The summed E-state index contributed by atoms with van der Waals surface area (Å²) in [6.45, 7) is 3.36. The average Bonchev–Trinajstić information content (AvgIpc) is 2.91. The zero-order valence-corrected chi connectivity index (χ0v) is 21.4. The maximum atomic E-state index is 14.1. The van der Waals surface area contributed by atoms with E-state index in [1.807, 2.05) is 56.3 Å². The van der Waals surface area contributed by atoms with Crippen molar-refractivity contribution in [1.29, 1.82) is 0 Å². The molecule has 0 spiro atoms. The molecule has 0 unspecified atom stereocenters. The molecule has 0 fully saturated rings. The topological polar surface area (TPSA) is 79.8 Å². The van der Waals surface area contributed by atoms with Gasteiger partial charge in [-0.3, -0.25) is 4.79 Å². The minimum absolute atomic E-state index is 0.109. The summed E-state index contributed by atoms with van der Waals surface area (Å²) in [5.74, 6) is 1.25. The number of hydrogen-bond donors (Lipinski definition) is 1. The average molecular weight is 514 g/mol. The number of hydrogen-bond acceptors (Lipinski definition) is 7. The van der Waals surface area contributed by atoms with Gasteiger partial charge in [-0.05, 0) is 75.1 Å². The van der Waals surface area contributed by atoms with Crippen molar-refractivity contribution in [2.24, 2.45) is 0 Å². The van der Waals surface area contributed by atoms with Gasteiger partial charge in [0.05, 0.1) is 23.1 Å². The first-order valence-electron chi connectivity index (χ1n) is 12.2. The zero-order chi connectivity index (χ0) is 26.6. The zero-order valence-electron chi connectivity index (χ0n) is 21.4. The molecular weight excluding hydrogens is 485 g/mol. The summed E-state index contributed by atoms with van der Waals surface area (Å²) in [6.07, 6.45) is 4.91. The lowest BCUT2D eigenvalue weighted by Crippen LogP contribution is -2.37. The van der Waals surface area contributed by atoms with Gasteiger partial charge in [0, 0.05) is 18.3 Å². The first kappa shape index (κ1) is 25.2. The quantitative estimate of drug-likeness (QED) is 0.329. The highest BCUT2D eigenvalue weighted by molar-refractivity contribution is 6.07. The fraction of sp³-hybridized carbons (Fsp3) is 0.207. The predicted octanol–water partition coefficient (Wildman–Crippen LogP) is 5.46. The molecule has 1 aromatic heterocycles. The van der Waals surface area contributed by atoms with E-state index >= 15 is 0 Å². The summed E-state index contributed by atoms with van der Waals surface area (Å²) < 4.78 is 25.8. The summed E-state index contributed by atoms with van der Waals surface area (Å²) in [4.78, 5) is 25.5. The number of carbonyl (C=O) groups excluding carboxylic acids is 1. The number of halogens is 1. The molecule has 0 aliphatic carbocycles. The van der Waals surface area contributed by atoms with Crippen molar-refractivity contribution in [3.05, 3.63) is 84.5 Å². The number of carbonyl (C=O) groups is 1. The molecule has 1 aliphatic rings. The molecule has 1 N–H and O–H groups in total. The van der Waals surface area contributed by atoms with Crippen LogP contribution in [0.5, 0.6) is 17.2 Å². The summed E-state index contributed by atoms with van der Waals surface area (Å²) in [5, 5.41) is 4.00. The number of aromatic nitrogens is 2. The lowest BCUT2D eigenvalue weighted by atomic mass is 10.1. The van der Waals surface area contributed by atoms with E-state index in [-0.39, 0.29) is 11.7 Å². The number of fused-ring (bicyclic) bond motifs is 3. The number of aryl methyl sites for hydroxylation is 1. The van der Waals surface area contributed by atoms with Crippen molar-refractivity contribution in [3.63, 3.8) is 0 Å². The molecule has 0 atom stereocenters. The van der Waals surface area contributed by atoms with E-state index in [0.717, 1.165) is 11.3 Å². The van der Waals surface area contributed by atoms with Crippen LogP contribution in [0.15, 0.2) is 73.1 Å². The van der Waals surface area contributed by atoms with Crippen LogP contribution in [-0.2, 0) is 4.79 Å². The Balaban J connectivity index is 1.41. The number of anilines is 3. The first-order chi connectivity index (χ1) is 18.4. The van der Waals surface area contributed by atoms with Crippen LogP contribution in [0.4, 0.5) is 21.6 Å². The van der Waals surface area contributed by atoms with Crippen molar-refractivity contribution in [2.45, 2.75) is 6.92 Å². The van der Waals surface area contributed by atoms with Crippen LogP contribution in [0.2, 0.25) is 0 Å². The van der Waals surface area contributed by atoms with Crippen LogP contribution in [0.3, 0.4) is 0 Å². The molecule has 8 nitrogen and oxygen atoms in total. The number of ether oxygens (including phenoxy) is 2. The normalized spacial score (nSPS) is 13.0. The summed E-state index contributed by atoms with van der Waals surface area (Å²) >= 11 is 0. The number of benzene rings is 3. The third-order valence-electron chi connectivity index (χ3n) is 6.02. The van der Waals surface area contributed by atoms with Crippen LogP contribution < -0.4 is 19.7 Å². The summed E-state index contributed by atoms with van der Waals surface area (Å²) in [6, 6.07) is 15.6. The third-order valence-corrected chi connectivity index (χ3v) is 6.02. The van der Waals surface area contributed by atoms with Gasteiger partial charge in [0.25, 0.3) is 5.91 Å². The molecular formula is C29H28FN5O3. The molecule has 5 rings (SSSR count). The standard InChI is InChI=1S/C29H28FN5O3/c1-19-6-11-22(30)25(17-19)38-21-9-7-20(8-10-21)33-29-27-23(31-18-32-29)12-13-24-28(27)37-16-15-35(24)26(36)5-4-14-34(2)3/h4-13,17-18H,14-16H2,1-3H3,(H,31,32,33)/b5-4+. The van der Waals surface area contributed by atoms with E-state index in [2.05, 4.69) is 15.3 Å². The van der Waals surface area contributed by atoms with Gasteiger partial charge in [-0.25, -0.2) is 14.4 Å². The van der Waals surface area contributed by atoms with Crippen molar-refractivity contribution in [3.8, 4) is 17.2 Å². The Kier molecular flexibility index (Phi) is 7.19. The highest BCUT2D eigenvalue weighted by Gasteiger charge is 2.26. The molecule has 0 saturated carbocycles. The monoisotopic (exact) mass is 513 g/mol. The third kappa shape index (κ3) is 5.42. The van der Waals surface area contributed by atoms with E-state index in [4.69, 9.17) is 9.47 Å². The Hall–Kier alpha value is -4.50. The molecule has 194 valence electrons. The van der Waals surface area contributed by atoms with Gasteiger partial charge in [-0.2, -0.15) is 0 Å². The number of nitrogens with zero attached hydrogens (tertiary/aromatic N) is 4. The Bertz CT molecular complexity index is 1500. The van der Waals surface area contributed by atoms with Crippen molar-refractivity contribution >= 4 is 34.0 Å². The maximum absolute atomic E-state index is 14.1. The lowest BCUT2D eigenvalue weighted by molar-refractivity contribution is -0.114. The maximum Gasteiger partial charge on any atom is 0.250 e. The second-order valence-electron chi connectivity index (χ2n) is 9.22. The molecule has 0 bridgehead atoms. The second-order valence-corrected chi connectivity index (χ2v) is 9.22. The SMILES string of the molecule is Cc1ccc(F)c(Oc2ccc(Nc3ncnc4ccc5c(c34)OCCN5C(=O)/C=C/CN(C)C)cc2)c1. The van der Waals surface area contributed by atoms with E-state index in [0.29, 0.717) is 53.6 Å². The first-order valence-corrected chi connectivity index (χ1v) is 12.2. The van der Waals surface area contributed by atoms with Crippen LogP contribution in [0, 0.1) is 12.7 Å². The van der Waals surface area contributed by atoms with E-state index in [1.165, 1.54) is 12.4 Å². The fourth-order valence-electron chi connectivity index (χ4n) is 4.17. The highest BCUT2D eigenvalue weighted by atomic mass is 19.1. The van der Waals surface area contributed by atoms with Gasteiger partial charge in [-0.1, -0.05) is 12.1 Å². The van der Waals surface area contributed by atoms with Crippen molar-refractivity contribution in [1.82, 2.24) is 14.9 Å². The highest BCUT2D eigenvalue weighted by Crippen LogP contribution is 2.41. The van der Waals surface area contributed by atoms with Gasteiger partial charge in [-0.15, -0.1) is 0 Å². The molecule has 0 saturated heterocycles. The van der Waals surface area contributed by atoms with Crippen molar-refractivity contribution in [2.75, 3.05) is 44.0 Å². The van der Waals surface area contributed by atoms with Gasteiger partial charge in [0.15, 0.2) is 17.3 Å². The lowest BCUT2D eigenvalue weighted by Gasteiger charge is -2.30. The smallest absolute Gasteiger partial charge is 0.250 e. The Morgan fingerprint density at radius 1 is 1.16 bits per heavy atom. The fourth-order valence-corrected chi connectivity index (χ4v) is 4.17. The number of nitrogens with one attached hydrogen (secondary N) is 1. The number of rotatable bonds is 7. The Morgan fingerprint density at radius 2 is 1.97 bits per heavy atom. The Morgan fingerprint density at radius 3 is 2.76 bits per heavy atom. The van der Waals surface area contributed by atoms with E-state index < -0.39 is 5.82 Å². The van der Waals surface area contributed by atoms with Crippen LogP contribution >= 0.6 is 0 Å². The molecule has 9 heteroatoms. The molecule has 1 aliphatic heterocycles. The molecule has 4 aromatic rings. The minimum atomic E-state index is -0.421. The van der Waals surface area contributed by atoms with Crippen LogP contribution in [0.1, 0.15) is 5.56 Å².